The number of carboxylic acids is 1. The van der Waals surface area contributed by atoms with Crippen molar-refractivity contribution in [1.29, 1.82) is 0 Å². The molecule has 2 aromatic carbocycles. The van der Waals surface area contributed by atoms with Crippen LogP contribution in [0.15, 0.2) is 48.7 Å². The molecule has 136 valence electrons. The number of carbonyl (C=O) groups is 1. The van der Waals surface area contributed by atoms with Crippen LogP contribution in [0, 0.1) is 0 Å². The van der Waals surface area contributed by atoms with Crippen LogP contribution in [0.3, 0.4) is 0 Å². The molecule has 0 aliphatic rings. The van der Waals surface area contributed by atoms with Crippen molar-refractivity contribution in [3.05, 3.63) is 64.9 Å². The standard InChI is InChI=1S/C20H15ClN2O4/c1-26-10-11-17-14(9-22-19(11)20(24)25)23-13-6-4-8-16(18(13)17)27-15-7-3-2-5-12(15)21/h2-9,23H,10H2,1H3,(H,24,25). The molecule has 0 radical (unpaired) electrons. The van der Waals surface area contributed by atoms with Crippen LogP contribution >= 0.6 is 11.6 Å². The maximum atomic E-state index is 11.6. The number of ether oxygens (including phenoxy) is 2. The van der Waals surface area contributed by atoms with Gasteiger partial charge >= 0.3 is 5.97 Å². The summed E-state index contributed by atoms with van der Waals surface area (Å²) in [5, 5.41) is 11.5. The van der Waals surface area contributed by atoms with Gasteiger partial charge in [0.15, 0.2) is 5.69 Å². The van der Waals surface area contributed by atoms with Gasteiger partial charge in [0.05, 0.1) is 34.2 Å². The number of halogens is 1. The fraction of sp³-hybridized carbons (Fsp3) is 0.100. The molecule has 7 heteroatoms. The van der Waals surface area contributed by atoms with E-state index >= 15 is 0 Å². The highest BCUT2D eigenvalue weighted by atomic mass is 35.5. The molecule has 2 aromatic heterocycles. The Morgan fingerprint density at radius 1 is 1.11 bits per heavy atom. The molecule has 0 aliphatic heterocycles. The lowest BCUT2D eigenvalue weighted by Gasteiger charge is -2.11. The summed E-state index contributed by atoms with van der Waals surface area (Å²) in [6.45, 7) is 0.110. The Balaban J connectivity index is 2.02. The van der Waals surface area contributed by atoms with Gasteiger partial charge in [-0.05, 0) is 24.3 Å². The lowest BCUT2D eigenvalue weighted by Crippen LogP contribution is -2.07. The highest BCUT2D eigenvalue weighted by Crippen LogP contribution is 2.39. The summed E-state index contributed by atoms with van der Waals surface area (Å²) in [7, 11) is 1.51. The van der Waals surface area contributed by atoms with Gasteiger partial charge in [0.25, 0.3) is 0 Å². The average molecular weight is 383 g/mol. The Kier molecular flexibility index (Phi) is 4.43. The molecule has 6 nitrogen and oxygen atoms in total. The van der Waals surface area contributed by atoms with Crippen LogP contribution < -0.4 is 4.74 Å². The van der Waals surface area contributed by atoms with E-state index in [0.29, 0.717) is 33.0 Å². The normalized spacial score (nSPS) is 11.2. The molecular weight excluding hydrogens is 368 g/mol. The molecule has 0 saturated heterocycles. The molecule has 0 bridgehead atoms. The third-order valence-electron chi connectivity index (χ3n) is 4.27. The van der Waals surface area contributed by atoms with Gasteiger partial charge < -0.3 is 19.6 Å². The Hall–Kier alpha value is -3.09. The summed E-state index contributed by atoms with van der Waals surface area (Å²) in [6.07, 6.45) is 1.51. The highest BCUT2D eigenvalue weighted by molar-refractivity contribution is 6.32. The van der Waals surface area contributed by atoms with Crippen molar-refractivity contribution >= 4 is 39.4 Å². The topological polar surface area (TPSA) is 84.4 Å². The first-order chi connectivity index (χ1) is 13.1. The van der Waals surface area contributed by atoms with E-state index in [9.17, 15) is 9.90 Å². The lowest BCUT2D eigenvalue weighted by atomic mass is 10.1. The largest absolute Gasteiger partial charge is 0.477 e. The number of aromatic carboxylic acids is 1. The van der Waals surface area contributed by atoms with Gasteiger partial charge in [-0.2, -0.15) is 0 Å². The van der Waals surface area contributed by atoms with Gasteiger partial charge in [-0.25, -0.2) is 9.78 Å². The minimum Gasteiger partial charge on any atom is -0.477 e. The second-order valence-electron chi connectivity index (χ2n) is 5.95. The zero-order chi connectivity index (χ0) is 19.0. The van der Waals surface area contributed by atoms with Crippen LogP contribution in [0.1, 0.15) is 16.1 Å². The number of para-hydroxylation sites is 1. The minimum absolute atomic E-state index is 0.0437. The second-order valence-corrected chi connectivity index (χ2v) is 6.36. The molecule has 2 N–H and O–H groups in total. The van der Waals surface area contributed by atoms with E-state index in [-0.39, 0.29) is 12.3 Å². The molecule has 27 heavy (non-hydrogen) atoms. The minimum atomic E-state index is -1.11. The van der Waals surface area contributed by atoms with E-state index in [1.165, 1.54) is 13.3 Å². The van der Waals surface area contributed by atoms with Crippen molar-refractivity contribution in [3.8, 4) is 11.5 Å². The SMILES string of the molecule is COCc1c(C(=O)O)ncc2[nH]c3cccc(Oc4ccccc4Cl)c3c12. The molecule has 0 fully saturated rings. The predicted octanol–water partition coefficient (Wildman–Crippen LogP) is 5.01. The predicted molar refractivity (Wildman–Crippen MR) is 103 cm³/mol. The Labute approximate surface area is 159 Å². The van der Waals surface area contributed by atoms with E-state index in [0.717, 1.165) is 10.9 Å². The van der Waals surface area contributed by atoms with Gasteiger partial charge in [0.2, 0.25) is 0 Å². The summed E-state index contributed by atoms with van der Waals surface area (Å²) < 4.78 is 11.3. The molecule has 0 spiro atoms. The number of aromatic amines is 1. The first kappa shape index (κ1) is 17.3. The molecule has 0 unspecified atom stereocenters. The Morgan fingerprint density at radius 3 is 2.63 bits per heavy atom. The van der Waals surface area contributed by atoms with Crippen LogP contribution in [-0.4, -0.2) is 28.2 Å². The third-order valence-corrected chi connectivity index (χ3v) is 4.59. The summed E-state index contributed by atoms with van der Waals surface area (Å²) >= 11 is 6.22. The van der Waals surface area contributed by atoms with Crippen molar-refractivity contribution in [2.75, 3.05) is 7.11 Å². The molecule has 0 saturated carbocycles. The van der Waals surface area contributed by atoms with E-state index < -0.39 is 5.97 Å². The van der Waals surface area contributed by atoms with Crippen LogP contribution in [-0.2, 0) is 11.3 Å². The Morgan fingerprint density at radius 2 is 1.89 bits per heavy atom. The van der Waals surface area contributed by atoms with Crippen molar-refractivity contribution in [2.24, 2.45) is 0 Å². The lowest BCUT2D eigenvalue weighted by molar-refractivity contribution is 0.0685. The first-order valence-corrected chi connectivity index (χ1v) is 8.55. The quantitative estimate of drug-likeness (QED) is 0.507. The number of hydrogen-bond donors (Lipinski definition) is 2. The number of H-pyrrole nitrogens is 1. The molecule has 0 amide bonds. The average Bonchev–Trinajstić information content (AvgIpc) is 3.03. The first-order valence-electron chi connectivity index (χ1n) is 8.17. The maximum absolute atomic E-state index is 11.6. The molecule has 0 atom stereocenters. The number of carboxylic acid groups (broad SMARTS) is 1. The van der Waals surface area contributed by atoms with Gasteiger partial charge in [-0.1, -0.05) is 29.8 Å². The van der Waals surface area contributed by atoms with E-state index in [1.54, 1.807) is 12.1 Å². The smallest absolute Gasteiger partial charge is 0.354 e. The van der Waals surface area contributed by atoms with E-state index in [1.807, 2.05) is 30.3 Å². The number of benzene rings is 2. The molecule has 4 aromatic rings. The molecule has 2 heterocycles. The van der Waals surface area contributed by atoms with Crippen LogP contribution in [0.4, 0.5) is 0 Å². The molecule has 0 aliphatic carbocycles. The fourth-order valence-corrected chi connectivity index (χ4v) is 3.35. The number of nitrogens with zero attached hydrogens (tertiary/aromatic N) is 1. The fourth-order valence-electron chi connectivity index (χ4n) is 3.17. The van der Waals surface area contributed by atoms with E-state index in [4.69, 9.17) is 21.1 Å². The van der Waals surface area contributed by atoms with Gasteiger partial charge in [0.1, 0.15) is 11.5 Å². The third kappa shape index (κ3) is 2.99. The summed E-state index contributed by atoms with van der Waals surface area (Å²) in [6, 6.07) is 12.7. The number of methoxy groups -OCH3 is 1. The van der Waals surface area contributed by atoms with Gasteiger partial charge in [-0.15, -0.1) is 0 Å². The number of nitrogens with one attached hydrogen (secondary N) is 1. The monoisotopic (exact) mass is 382 g/mol. The Bertz CT molecular complexity index is 1170. The maximum Gasteiger partial charge on any atom is 0.354 e. The number of fused-ring (bicyclic) bond motifs is 3. The number of aromatic nitrogens is 2. The van der Waals surface area contributed by atoms with Gasteiger partial charge in [-0.3, -0.25) is 0 Å². The van der Waals surface area contributed by atoms with Gasteiger partial charge in [0, 0.05) is 18.1 Å². The van der Waals surface area contributed by atoms with Crippen LogP contribution in [0.2, 0.25) is 5.02 Å². The summed E-state index contributed by atoms with van der Waals surface area (Å²) in [4.78, 5) is 19.0. The van der Waals surface area contributed by atoms with Crippen molar-refractivity contribution in [3.63, 3.8) is 0 Å². The summed E-state index contributed by atoms with van der Waals surface area (Å²) in [5.74, 6) is -0.0311. The van der Waals surface area contributed by atoms with Crippen LogP contribution in [0.5, 0.6) is 11.5 Å². The second kappa shape index (κ2) is 6.90. The number of pyridine rings is 1. The molecule has 4 rings (SSSR count). The van der Waals surface area contributed by atoms with Crippen molar-refractivity contribution in [2.45, 2.75) is 6.61 Å². The number of hydrogen-bond acceptors (Lipinski definition) is 4. The van der Waals surface area contributed by atoms with Crippen LogP contribution in [0.25, 0.3) is 21.8 Å². The highest BCUT2D eigenvalue weighted by Gasteiger charge is 2.21. The molecular formula is C20H15ClN2O4. The zero-order valence-electron chi connectivity index (χ0n) is 14.3. The summed E-state index contributed by atoms with van der Waals surface area (Å²) in [5.41, 5.74) is 1.95. The van der Waals surface area contributed by atoms with E-state index in [2.05, 4.69) is 9.97 Å². The van der Waals surface area contributed by atoms with Crippen molar-refractivity contribution in [1.82, 2.24) is 9.97 Å². The van der Waals surface area contributed by atoms with Crippen molar-refractivity contribution < 1.29 is 19.4 Å². The zero-order valence-corrected chi connectivity index (χ0v) is 15.1. The number of rotatable bonds is 5.